The maximum absolute atomic E-state index is 12.4. The lowest BCUT2D eigenvalue weighted by Crippen LogP contribution is -2.47. The molecule has 2 unspecified atom stereocenters. The lowest BCUT2D eigenvalue weighted by molar-refractivity contribution is -0.137. The number of amides is 1. The molecule has 3 nitrogen and oxygen atoms in total. The largest absolute Gasteiger partial charge is 0.399 e. The minimum absolute atomic E-state index is 0.267. The van der Waals surface area contributed by atoms with Crippen LogP contribution in [0.2, 0.25) is 0 Å². The zero-order valence-electron chi connectivity index (χ0n) is 11.9. The van der Waals surface area contributed by atoms with Crippen molar-refractivity contribution >= 4 is 11.6 Å². The number of nitrogens with two attached hydrogens (primary N) is 1. The van der Waals surface area contributed by atoms with Gasteiger partial charge in [0.1, 0.15) is 0 Å². The van der Waals surface area contributed by atoms with Crippen LogP contribution in [0, 0.1) is 0 Å². The van der Waals surface area contributed by atoms with E-state index in [0.717, 1.165) is 30.5 Å². The number of nitrogen functional groups attached to an aromatic ring is 1. The first-order valence-corrected chi connectivity index (χ1v) is 7.24. The molecule has 104 valence electrons. The Kier molecular flexibility index (Phi) is 4.46. The van der Waals surface area contributed by atoms with Gasteiger partial charge in [0.15, 0.2) is 0 Å². The van der Waals surface area contributed by atoms with Crippen LogP contribution in [-0.2, 0) is 11.2 Å². The minimum atomic E-state index is 0.267. The number of hydrogen-bond acceptors (Lipinski definition) is 2. The summed E-state index contributed by atoms with van der Waals surface area (Å²) < 4.78 is 0. The van der Waals surface area contributed by atoms with E-state index < -0.39 is 0 Å². The van der Waals surface area contributed by atoms with Crippen molar-refractivity contribution in [3.05, 3.63) is 29.8 Å². The SMILES string of the molecule is CC1CCCC(C)N1C(=O)CCc1ccccc1N. The average molecular weight is 260 g/mol. The van der Waals surface area contributed by atoms with Crippen LogP contribution in [0.15, 0.2) is 24.3 Å². The van der Waals surface area contributed by atoms with E-state index in [0.29, 0.717) is 18.5 Å². The van der Waals surface area contributed by atoms with E-state index in [1.54, 1.807) is 0 Å². The highest BCUT2D eigenvalue weighted by atomic mass is 16.2. The molecule has 1 aromatic rings. The molecule has 2 N–H and O–H groups in total. The Balaban J connectivity index is 1.95. The first-order chi connectivity index (χ1) is 9.09. The molecule has 0 saturated carbocycles. The Bertz CT molecular complexity index is 434. The van der Waals surface area contributed by atoms with Gasteiger partial charge >= 0.3 is 0 Å². The smallest absolute Gasteiger partial charge is 0.223 e. The molecule has 1 heterocycles. The Hall–Kier alpha value is -1.51. The standard InChI is InChI=1S/C16H24N2O/c1-12-6-5-7-13(2)18(12)16(19)11-10-14-8-3-4-9-15(14)17/h3-4,8-9,12-13H,5-7,10-11,17H2,1-2H3. The van der Waals surface area contributed by atoms with Crippen molar-refractivity contribution in [2.24, 2.45) is 0 Å². The van der Waals surface area contributed by atoms with E-state index in [9.17, 15) is 4.79 Å². The van der Waals surface area contributed by atoms with Gasteiger partial charge in [-0.1, -0.05) is 18.2 Å². The van der Waals surface area contributed by atoms with Gasteiger partial charge in [-0.15, -0.1) is 0 Å². The summed E-state index contributed by atoms with van der Waals surface area (Å²) in [5.74, 6) is 0.267. The number of carbonyl (C=O) groups excluding carboxylic acids is 1. The number of para-hydroxylation sites is 1. The van der Waals surface area contributed by atoms with Crippen LogP contribution < -0.4 is 5.73 Å². The number of nitrogens with zero attached hydrogens (tertiary/aromatic N) is 1. The molecule has 2 atom stereocenters. The van der Waals surface area contributed by atoms with E-state index in [1.807, 2.05) is 24.3 Å². The average Bonchev–Trinajstić information content (AvgIpc) is 2.37. The van der Waals surface area contributed by atoms with Gasteiger partial charge in [0, 0.05) is 24.2 Å². The molecular weight excluding hydrogens is 236 g/mol. The monoisotopic (exact) mass is 260 g/mol. The summed E-state index contributed by atoms with van der Waals surface area (Å²) in [6, 6.07) is 8.56. The first kappa shape index (κ1) is 13.9. The summed E-state index contributed by atoms with van der Waals surface area (Å²) in [5.41, 5.74) is 7.78. The first-order valence-electron chi connectivity index (χ1n) is 7.24. The predicted octanol–water partition coefficient (Wildman–Crippen LogP) is 2.99. The molecule has 1 aliphatic heterocycles. The molecule has 1 fully saturated rings. The normalized spacial score (nSPS) is 23.4. The number of hydrogen-bond donors (Lipinski definition) is 1. The fourth-order valence-electron chi connectivity index (χ4n) is 3.05. The van der Waals surface area contributed by atoms with Gasteiger partial charge in [-0.25, -0.2) is 0 Å². The summed E-state index contributed by atoms with van der Waals surface area (Å²) >= 11 is 0. The maximum Gasteiger partial charge on any atom is 0.223 e. The lowest BCUT2D eigenvalue weighted by atomic mass is 9.96. The second kappa shape index (κ2) is 6.09. The highest BCUT2D eigenvalue weighted by molar-refractivity contribution is 5.77. The van der Waals surface area contributed by atoms with Gasteiger partial charge in [-0.3, -0.25) is 4.79 Å². The van der Waals surface area contributed by atoms with Gasteiger partial charge < -0.3 is 10.6 Å². The fourth-order valence-corrected chi connectivity index (χ4v) is 3.05. The second-order valence-corrected chi connectivity index (χ2v) is 5.63. The van der Waals surface area contributed by atoms with Gasteiger partial charge in [-0.05, 0) is 51.2 Å². The van der Waals surface area contributed by atoms with Crippen molar-refractivity contribution in [2.45, 2.75) is 58.0 Å². The molecule has 0 bridgehead atoms. The molecule has 0 radical (unpaired) electrons. The topological polar surface area (TPSA) is 46.3 Å². The van der Waals surface area contributed by atoms with Crippen LogP contribution in [0.25, 0.3) is 0 Å². The Morgan fingerprint density at radius 1 is 1.26 bits per heavy atom. The van der Waals surface area contributed by atoms with E-state index in [2.05, 4.69) is 18.7 Å². The molecule has 19 heavy (non-hydrogen) atoms. The zero-order chi connectivity index (χ0) is 13.8. The summed E-state index contributed by atoms with van der Waals surface area (Å²) in [7, 11) is 0. The Morgan fingerprint density at radius 2 is 1.89 bits per heavy atom. The van der Waals surface area contributed by atoms with E-state index in [4.69, 9.17) is 5.73 Å². The molecule has 0 aromatic heterocycles. The van der Waals surface area contributed by atoms with Gasteiger partial charge in [0.25, 0.3) is 0 Å². The lowest BCUT2D eigenvalue weighted by Gasteiger charge is -2.39. The van der Waals surface area contributed by atoms with Crippen LogP contribution in [0.3, 0.4) is 0 Å². The molecule has 3 heteroatoms. The Morgan fingerprint density at radius 3 is 2.53 bits per heavy atom. The Labute approximate surface area is 115 Å². The summed E-state index contributed by atoms with van der Waals surface area (Å²) in [6.07, 6.45) is 4.79. The van der Waals surface area contributed by atoms with Crippen LogP contribution in [-0.4, -0.2) is 22.9 Å². The van der Waals surface area contributed by atoms with E-state index in [1.165, 1.54) is 6.42 Å². The maximum atomic E-state index is 12.4. The second-order valence-electron chi connectivity index (χ2n) is 5.63. The number of rotatable bonds is 3. The highest BCUT2D eigenvalue weighted by Gasteiger charge is 2.28. The van der Waals surface area contributed by atoms with E-state index >= 15 is 0 Å². The minimum Gasteiger partial charge on any atom is -0.399 e. The molecular formula is C16H24N2O. The number of benzene rings is 1. The van der Waals surface area contributed by atoms with Crippen molar-refractivity contribution in [1.82, 2.24) is 4.90 Å². The molecule has 1 aromatic carbocycles. The number of carbonyl (C=O) groups is 1. The molecule has 1 aliphatic rings. The highest BCUT2D eigenvalue weighted by Crippen LogP contribution is 2.24. The third kappa shape index (κ3) is 3.28. The predicted molar refractivity (Wildman–Crippen MR) is 78.8 cm³/mol. The van der Waals surface area contributed by atoms with Crippen LogP contribution in [0.1, 0.15) is 45.1 Å². The third-order valence-corrected chi connectivity index (χ3v) is 4.14. The fraction of sp³-hybridized carbons (Fsp3) is 0.562. The number of aryl methyl sites for hydroxylation is 1. The quantitative estimate of drug-likeness (QED) is 0.849. The van der Waals surface area contributed by atoms with Crippen molar-refractivity contribution in [1.29, 1.82) is 0 Å². The molecule has 0 spiro atoms. The van der Waals surface area contributed by atoms with Crippen molar-refractivity contribution in [3.8, 4) is 0 Å². The van der Waals surface area contributed by atoms with Crippen LogP contribution in [0.4, 0.5) is 5.69 Å². The van der Waals surface area contributed by atoms with Crippen molar-refractivity contribution < 1.29 is 4.79 Å². The van der Waals surface area contributed by atoms with Crippen molar-refractivity contribution in [3.63, 3.8) is 0 Å². The molecule has 1 saturated heterocycles. The van der Waals surface area contributed by atoms with Gasteiger partial charge in [0.2, 0.25) is 5.91 Å². The summed E-state index contributed by atoms with van der Waals surface area (Å²) in [6.45, 7) is 4.31. The molecule has 0 aliphatic carbocycles. The zero-order valence-corrected chi connectivity index (χ0v) is 11.9. The number of anilines is 1. The third-order valence-electron chi connectivity index (χ3n) is 4.14. The van der Waals surface area contributed by atoms with E-state index in [-0.39, 0.29) is 5.91 Å². The number of piperidine rings is 1. The van der Waals surface area contributed by atoms with Gasteiger partial charge in [0.05, 0.1) is 0 Å². The number of likely N-dealkylation sites (tertiary alicyclic amines) is 1. The molecule has 2 rings (SSSR count). The van der Waals surface area contributed by atoms with Crippen LogP contribution >= 0.6 is 0 Å². The van der Waals surface area contributed by atoms with Crippen LogP contribution in [0.5, 0.6) is 0 Å². The van der Waals surface area contributed by atoms with Crippen molar-refractivity contribution in [2.75, 3.05) is 5.73 Å². The molecule has 1 amide bonds. The summed E-state index contributed by atoms with van der Waals surface area (Å²) in [4.78, 5) is 14.5. The van der Waals surface area contributed by atoms with Gasteiger partial charge in [-0.2, -0.15) is 0 Å². The summed E-state index contributed by atoms with van der Waals surface area (Å²) in [5, 5.41) is 0.